The normalized spacial score (nSPS) is 26.9. The number of rotatable bonds is 5. The topological polar surface area (TPSA) is 64.1 Å². The lowest BCUT2D eigenvalue weighted by Crippen LogP contribution is -2.28. The summed E-state index contributed by atoms with van der Waals surface area (Å²) in [5, 5.41) is 4.16. The summed E-state index contributed by atoms with van der Waals surface area (Å²) < 4.78 is 5.10. The Labute approximate surface area is 129 Å². The van der Waals surface area contributed by atoms with Crippen molar-refractivity contribution in [1.29, 1.82) is 0 Å². The SMILES string of the molecule is CCOC(=O)c1cnc(SC)nc1N[C@H]1C[C@@H]2CC[C@H]1C2. The number of thioether (sulfide) groups is 1. The molecule has 2 saturated carbocycles. The van der Waals surface area contributed by atoms with Crippen LogP contribution >= 0.6 is 11.8 Å². The van der Waals surface area contributed by atoms with E-state index in [1.165, 1.54) is 37.4 Å². The Bertz CT molecular complexity index is 538. The number of carbonyl (C=O) groups excluding carboxylic acids is 1. The van der Waals surface area contributed by atoms with Gasteiger partial charge in [0.2, 0.25) is 0 Å². The molecule has 2 fully saturated rings. The minimum atomic E-state index is -0.351. The lowest BCUT2D eigenvalue weighted by Gasteiger charge is -2.24. The van der Waals surface area contributed by atoms with Crippen molar-refractivity contribution in [3.05, 3.63) is 11.8 Å². The molecule has 114 valence electrons. The number of carbonyl (C=O) groups is 1. The molecule has 3 atom stereocenters. The number of ether oxygens (including phenoxy) is 1. The molecule has 6 heteroatoms. The monoisotopic (exact) mass is 307 g/mol. The van der Waals surface area contributed by atoms with Crippen molar-refractivity contribution < 1.29 is 9.53 Å². The van der Waals surface area contributed by atoms with Gasteiger partial charge < -0.3 is 10.1 Å². The Kier molecular flexibility index (Phi) is 4.33. The Morgan fingerprint density at radius 1 is 1.48 bits per heavy atom. The molecule has 0 amide bonds. The lowest BCUT2D eigenvalue weighted by atomic mass is 9.95. The number of nitrogens with zero attached hydrogens (tertiary/aromatic N) is 2. The molecule has 1 N–H and O–H groups in total. The van der Waals surface area contributed by atoms with Crippen LogP contribution in [0, 0.1) is 11.8 Å². The van der Waals surface area contributed by atoms with Crippen LogP contribution in [0.25, 0.3) is 0 Å². The maximum atomic E-state index is 12.0. The molecule has 2 bridgehead atoms. The fourth-order valence-electron chi connectivity index (χ4n) is 3.53. The van der Waals surface area contributed by atoms with Gasteiger partial charge in [0.25, 0.3) is 0 Å². The third kappa shape index (κ3) is 3.00. The van der Waals surface area contributed by atoms with Crippen molar-refractivity contribution in [3.63, 3.8) is 0 Å². The van der Waals surface area contributed by atoms with Crippen molar-refractivity contribution >= 4 is 23.5 Å². The molecule has 1 heterocycles. The maximum Gasteiger partial charge on any atom is 0.343 e. The fourth-order valence-corrected chi connectivity index (χ4v) is 3.87. The first-order valence-electron chi connectivity index (χ1n) is 7.56. The van der Waals surface area contributed by atoms with E-state index in [9.17, 15) is 4.79 Å². The highest BCUT2D eigenvalue weighted by atomic mass is 32.2. The fraction of sp³-hybridized carbons (Fsp3) is 0.667. The highest BCUT2D eigenvalue weighted by molar-refractivity contribution is 7.98. The summed E-state index contributed by atoms with van der Waals surface area (Å²) in [5.74, 6) is 1.85. The summed E-state index contributed by atoms with van der Waals surface area (Å²) in [5.41, 5.74) is 0.442. The van der Waals surface area contributed by atoms with Gasteiger partial charge in [-0.25, -0.2) is 14.8 Å². The zero-order chi connectivity index (χ0) is 14.8. The average Bonchev–Trinajstić information content (AvgIpc) is 3.10. The van der Waals surface area contributed by atoms with Gasteiger partial charge in [-0.2, -0.15) is 0 Å². The predicted molar refractivity (Wildman–Crippen MR) is 82.6 cm³/mol. The third-order valence-corrected chi connectivity index (χ3v) is 5.07. The van der Waals surface area contributed by atoms with Gasteiger partial charge in [-0.15, -0.1) is 0 Å². The summed E-state index contributed by atoms with van der Waals surface area (Å²) in [6.07, 6.45) is 8.65. The number of hydrogen-bond donors (Lipinski definition) is 1. The smallest absolute Gasteiger partial charge is 0.343 e. The second-order valence-corrected chi connectivity index (χ2v) is 6.54. The summed E-state index contributed by atoms with van der Waals surface area (Å²) in [4.78, 5) is 20.7. The molecular weight excluding hydrogens is 286 g/mol. The molecule has 5 nitrogen and oxygen atoms in total. The van der Waals surface area contributed by atoms with Crippen LogP contribution in [0.1, 0.15) is 43.0 Å². The number of aromatic nitrogens is 2. The predicted octanol–water partition coefficient (Wildman–Crippen LogP) is 2.98. The average molecular weight is 307 g/mol. The first-order valence-corrected chi connectivity index (χ1v) is 8.78. The molecule has 0 aromatic carbocycles. The van der Waals surface area contributed by atoms with E-state index in [4.69, 9.17) is 4.74 Å². The van der Waals surface area contributed by atoms with Crippen LogP contribution in [-0.4, -0.2) is 34.8 Å². The molecular formula is C15H21N3O2S. The molecule has 0 radical (unpaired) electrons. The van der Waals surface area contributed by atoms with Crippen LogP contribution in [0.5, 0.6) is 0 Å². The molecule has 2 aliphatic rings. The van der Waals surface area contributed by atoms with Crippen molar-refractivity contribution in [1.82, 2.24) is 9.97 Å². The first kappa shape index (κ1) is 14.6. The minimum Gasteiger partial charge on any atom is -0.462 e. The zero-order valence-electron chi connectivity index (χ0n) is 12.5. The summed E-state index contributed by atoms with van der Waals surface area (Å²) in [7, 11) is 0. The van der Waals surface area contributed by atoms with E-state index < -0.39 is 0 Å². The molecule has 1 aromatic rings. The van der Waals surface area contributed by atoms with Crippen LogP contribution in [-0.2, 0) is 4.74 Å². The van der Waals surface area contributed by atoms with Gasteiger partial charge in [0.15, 0.2) is 5.16 Å². The van der Waals surface area contributed by atoms with Crippen molar-refractivity contribution in [2.45, 2.75) is 43.8 Å². The molecule has 1 aromatic heterocycles. The van der Waals surface area contributed by atoms with E-state index in [0.717, 1.165) is 11.8 Å². The largest absolute Gasteiger partial charge is 0.462 e. The summed E-state index contributed by atoms with van der Waals surface area (Å²) in [6.45, 7) is 2.16. The Hall–Kier alpha value is -1.30. The second-order valence-electron chi connectivity index (χ2n) is 5.77. The van der Waals surface area contributed by atoms with Crippen molar-refractivity contribution in [2.24, 2.45) is 11.8 Å². The Balaban J connectivity index is 1.82. The van der Waals surface area contributed by atoms with E-state index in [1.54, 1.807) is 13.1 Å². The van der Waals surface area contributed by atoms with Crippen LogP contribution in [0.2, 0.25) is 0 Å². The minimum absolute atomic E-state index is 0.351. The van der Waals surface area contributed by atoms with Gasteiger partial charge in [0.05, 0.1) is 6.61 Å². The van der Waals surface area contributed by atoms with Crippen LogP contribution in [0.15, 0.2) is 11.4 Å². The zero-order valence-corrected chi connectivity index (χ0v) is 13.3. The molecule has 0 spiro atoms. The third-order valence-electron chi connectivity index (χ3n) is 4.50. The number of esters is 1. The summed E-state index contributed by atoms with van der Waals surface area (Å²) in [6, 6.07) is 0.432. The van der Waals surface area contributed by atoms with E-state index in [1.807, 2.05) is 6.26 Å². The molecule has 0 saturated heterocycles. The van der Waals surface area contributed by atoms with Gasteiger partial charge in [-0.05, 0) is 44.3 Å². The highest BCUT2D eigenvalue weighted by Crippen LogP contribution is 2.45. The Morgan fingerprint density at radius 2 is 2.33 bits per heavy atom. The Morgan fingerprint density at radius 3 is 2.95 bits per heavy atom. The molecule has 0 aliphatic heterocycles. The van der Waals surface area contributed by atoms with Crippen LogP contribution < -0.4 is 5.32 Å². The molecule has 0 unspecified atom stereocenters. The lowest BCUT2D eigenvalue weighted by molar-refractivity contribution is 0.0526. The van der Waals surface area contributed by atoms with E-state index in [2.05, 4.69) is 15.3 Å². The van der Waals surface area contributed by atoms with Crippen LogP contribution in [0.3, 0.4) is 0 Å². The second kappa shape index (κ2) is 6.22. The number of anilines is 1. The van der Waals surface area contributed by atoms with Gasteiger partial charge in [0, 0.05) is 12.2 Å². The quantitative estimate of drug-likeness (QED) is 0.512. The molecule has 2 aliphatic carbocycles. The molecule has 3 rings (SSSR count). The van der Waals surface area contributed by atoms with Gasteiger partial charge in [-0.3, -0.25) is 0 Å². The number of hydrogen-bond acceptors (Lipinski definition) is 6. The molecule has 21 heavy (non-hydrogen) atoms. The first-order chi connectivity index (χ1) is 10.2. The summed E-state index contributed by atoms with van der Waals surface area (Å²) >= 11 is 1.48. The highest BCUT2D eigenvalue weighted by Gasteiger charge is 2.40. The number of fused-ring (bicyclic) bond motifs is 2. The van der Waals surface area contributed by atoms with Crippen LogP contribution in [0.4, 0.5) is 5.82 Å². The van der Waals surface area contributed by atoms with Crippen molar-refractivity contribution in [2.75, 3.05) is 18.2 Å². The van der Waals surface area contributed by atoms with E-state index >= 15 is 0 Å². The van der Waals surface area contributed by atoms with Gasteiger partial charge in [-0.1, -0.05) is 18.2 Å². The number of nitrogens with one attached hydrogen (secondary N) is 1. The van der Waals surface area contributed by atoms with E-state index in [-0.39, 0.29) is 5.97 Å². The van der Waals surface area contributed by atoms with Gasteiger partial charge in [0.1, 0.15) is 11.4 Å². The maximum absolute atomic E-state index is 12.0. The van der Waals surface area contributed by atoms with Crippen molar-refractivity contribution in [3.8, 4) is 0 Å². The van der Waals surface area contributed by atoms with Gasteiger partial charge >= 0.3 is 5.97 Å². The standard InChI is InChI=1S/C15H21N3O2S/c1-3-20-14(19)11-8-16-15(21-2)18-13(11)17-12-7-9-4-5-10(12)6-9/h8-10,12H,3-7H2,1-2H3,(H,16,17,18)/t9-,10+,12+/m1/s1. The van der Waals surface area contributed by atoms with E-state index in [0.29, 0.717) is 29.2 Å².